The number of hydrogen-bond acceptors (Lipinski definition) is 3. The number of aromatic nitrogens is 2. The van der Waals surface area contributed by atoms with Gasteiger partial charge in [0, 0.05) is 17.2 Å². The van der Waals surface area contributed by atoms with Gasteiger partial charge in [0.15, 0.2) is 5.69 Å². The Morgan fingerprint density at radius 3 is 2.39 bits per heavy atom. The van der Waals surface area contributed by atoms with Crippen LogP contribution < -0.4 is 0 Å². The van der Waals surface area contributed by atoms with E-state index < -0.39 is 23.7 Å². The van der Waals surface area contributed by atoms with Gasteiger partial charge >= 0.3 is 12.1 Å². The predicted octanol–water partition coefficient (Wildman–Crippen LogP) is 6.05. The number of unbranched alkanes of at least 4 members (excludes halogenated alkanes) is 1. The number of rotatable bonds is 7. The number of nitrogens with zero attached hydrogens (tertiary/aromatic N) is 2. The SMILES string of the molecule is CCCCOC(=O)/C=C/c1c(C(F)(F)F)nn(-c2ccccc2)c1-c1ccc(F)cc1. The van der Waals surface area contributed by atoms with Crippen molar-refractivity contribution in [2.45, 2.75) is 25.9 Å². The lowest BCUT2D eigenvalue weighted by atomic mass is 10.0. The Balaban J connectivity index is 2.17. The zero-order chi connectivity index (χ0) is 22.4. The molecule has 0 N–H and O–H groups in total. The van der Waals surface area contributed by atoms with E-state index in [0.717, 1.165) is 35.4 Å². The van der Waals surface area contributed by atoms with Crippen molar-refractivity contribution in [3.8, 4) is 16.9 Å². The fraction of sp³-hybridized carbons (Fsp3) is 0.217. The summed E-state index contributed by atoms with van der Waals surface area (Å²) in [5, 5.41) is 3.80. The Morgan fingerprint density at radius 1 is 1.10 bits per heavy atom. The molecule has 0 spiro atoms. The van der Waals surface area contributed by atoms with Crippen LogP contribution in [-0.2, 0) is 15.7 Å². The van der Waals surface area contributed by atoms with Gasteiger partial charge in [-0.25, -0.2) is 13.9 Å². The van der Waals surface area contributed by atoms with E-state index in [1.54, 1.807) is 30.3 Å². The average Bonchev–Trinajstić information content (AvgIpc) is 3.14. The lowest BCUT2D eigenvalue weighted by Gasteiger charge is -2.09. The minimum Gasteiger partial charge on any atom is -0.463 e. The number of benzene rings is 2. The van der Waals surface area contributed by atoms with E-state index in [9.17, 15) is 22.4 Å². The molecule has 3 aromatic rings. The highest BCUT2D eigenvalue weighted by Crippen LogP contribution is 2.38. The maximum atomic E-state index is 13.8. The van der Waals surface area contributed by atoms with Gasteiger partial charge in [-0.05, 0) is 48.9 Å². The third-order valence-electron chi connectivity index (χ3n) is 4.44. The van der Waals surface area contributed by atoms with Gasteiger partial charge in [-0.3, -0.25) is 0 Å². The predicted molar refractivity (Wildman–Crippen MR) is 109 cm³/mol. The summed E-state index contributed by atoms with van der Waals surface area (Å²) in [4.78, 5) is 12.0. The van der Waals surface area contributed by atoms with Gasteiger partial charge in [0.25, 0.3) is 0 Å². The van der Waals surface area contributed by atoms with E-state index in [1.807, 2.05) is 6.92 Å². The summed E-state index contributed by atoms with van der Waals surface area (Å²) in [6, 6.07) is 13.3. The van der Waals surface area contributed by atoms with E-state index in [1.165, 1.54) is 12.1 Å². The van der Waals surface area contributed by atoms with Gasteiger partial charge in [0.2, 0.25) is 0 Å². The van der Waals surface area contributed by atoms with Gasteiger partial charge in [0.1, 0.15) is 5.82 Å². The number of hydrogen-bond donors (Lipinski definition) is 0. The Labute approximate surface area is 176 Å². The van der Waals surface area contributed by atoms with Crippen LogP contribution in [0.3, 0.4) is 0 Å². The summed E-state index contributed by atoms with van der Waals surface area (Å²) in [6.07, 6.45) is -1.32. The molecular weight excluding hydrogens is 412 g/mol. The van der Waals surface area contributed by atoms with Crippen LogP contribution in [0.5, 0.6) is 0 Å². The quantitative estimate of drug-likeness (QED) is 0.197. The van der Waals surface area contributed by atoms with Crippen molar-refractivity contribution < 1.29 is 27.1 Å². The van der Waals surface area contributed by atoms with Crippen LogP contribution in [0.4, 0.5) is 17.6 Å². The number of carbonyl (C=O) groups excluding carboxylic acids is 1. The van der Waals surface area contributed by atoms with Crippen molar-refractivity contribution >= 4 is 12.0 Å². The highest BCUT2D eigenvalue weighted by Gasteiger charge is 2.39. The van der Waals surface area contributed by atoms with Crippen LogP contribution >= 0.6 is 0 Å². The lowest BCUT2D eigenvalue weighted by Crippen LogP contribution is -2.09. The van der Waals surface area contributed by atoms with E-state index in [0.29, 0.717) is 17.7 Å². The molecule has 162 valence electrons. The molecule has 0 aliphatic carbocycles. The van der Waals surface area contributed by atoms with E-state index in [4.69, 9.17) is 4.74 Å². The van der Waals surface area contributed by atoms with Crippen molar-refractivity contribution in [3.05, 3.63) is 77.7 Å². The largest absolute Gasteiger partial charge is 0.463 e. The van der Waals surface area contributed by atoms with Crippen LogP contribution in [0.1, 0.15) is 31.0 Å². The molecule has 1 aromatic heterocycles. The number of alkyl halides is 3. The number of carbonyl (C=O) groups is 1. The fourth-order valence-electron chi connectivity index (χ4n) is 2.96. The standard InChI is InChI=1S/C23H20F4N2O2/c1-2-3-15-31-20(30)14-13-19-21(16-9-11-17(24)12-10-16)29(18-7-5-4-6-8-18)28-22(19)23(25,26)27/h4-14H,2-3,15H2,1H3/b14-13+. The second-order valence-electron chi connectivity index (χ2n) is 6.72. The molecule has 0 fully saturated rings. The second-order valence-corrected chi connectivity index (χ2v) is 6.72. The number of halogens is 4. The summed E-state index contributed by atoms with van der Waals surface area (Å²) >= 11 is 0. The normalized spacial score (nSPS) is 11.8. The molecule has 0 saturated carbocycles. The molecular formula is C23H20F4N2O2. The van der Waals surface area contributed by atoms with Gasteiger partial charge in [-0.1, -0.05) is 31.5 Å². The van der Waals surface area contributed by atoms with Crippen LogP contribution in [0.25, 0.3) is 23.0 Å². The fourth-order valence-corrected chi connectivity index (χ4v) is 2.96. The average molecular weight is 432 g/mol. The second kappa shape index (κ2) is 9.59. The lowest BCUT2D eigenvalue weighted by molar-refractivity contribution is -0.141. The first-order valence-electron chi connectivity index (χ1n) is 9.67. The van der Waals surface area contributed by atoms with Crippen molar-refractivity contribution in [1.29, 1.82) is 0 Å². The molecule has 8 heteroatoms. The third kappa shape index (κ3) is 5.39. The van der Waals surface area contributed by atoms with Crippen molar-refractivity contribution in [3.63, 3.8) is 0 Å². The molecule has 3 rings (SSSR count). The van der Waals surface area contributed by atoms with E-state index in [-0.39, 0.29) is 17.9 Å². The summed E-state index contributed by atoms with van der Waals surface area (Å²) in [7, 11) is 0. The Morgan fingerprint density at radius 2 is 1.77 bits per heavy atom. The molecule has 0 bridgehead atoms. The summed E-state index contributed by atoms with van der Waals surface area (Å²) in [6.45, 7) is 2.10. The minimum absolute atomic E-state index is 0.0798. The van der Waals surface area contributed by atoms with Crippen LogP contribution in [0.2, 0.25) is 0 Å². The topological polar surface area (TPSA) is 44.1 Å². The first-order chi connectivity index (χ1) is 14.8. The number of esters is 1. The Hall–Kier alpha value is -3.42. The van der Waals surface area contributed by atoms with Crippen molar-refractivity contribution in [1.82, 2.24) is 9.78 Å². The first kappa shape index (κ1) is 22.3. The van der Waals surface area contributed by atoms with Gasteiger partial charge in [-0.15, -0.1) is 0 Å². The van der Waals surface area contributed by atoms with Crippen LogP contribution in [0, 0.1) is 5.82 Å². The molecule has 1 heterocycles. The molecule has 2 aromatic carbocycles. The number of para-hydroxylation sites is 1. The molecule has 0 aliphatic heterocycles. The minimum atomic E-state index is -4.78. The number of ether oxygens (including phenoxy) is 1. The molecule has 0 aliphatic rings. The molecule has 0 radical (unpaired) electrons. The highest BCUT2D eigenvalue weighted by atomic mass is 19.4. The Kier molecular flexibility index (Phi) is 6.89. The molecule has 0 atom stereocenters. The third-order valence-corrected chi connectivity index (χ3v) is 4.44. The van der Waals surface area contributed by atoms with Crippen molar-refractivity contribution in [2.75, 3.05) is 6.61 Å². The zero-order valence-electron chi connectivity index (χ0n) is 16.7. The Bertz CT molecular complexity index is 1060. The van der Waals surface area contributed by atoms with Gasteiger partial charge < -0.3 is 4.74 Å². The smallest absolute Gasteiger partial charge is 0.435 e. The maximum absolute atomic E-state index is 13.8. The summed E-state index contributed by atoms with van der Waals surface area (Å²) < 4.78 is 61.1. The van der Waals surface area contributed by atoms with Gasteiger partial charge in [-0.2, -0.15) is 18.3 Å². The first-order valence-corrected chi connectivity index (χ1v) is 9.67. The van der Waals surface area contributed by atoms with Crippen LogP contribution in [-0.4, -0.2) is 22.4 Å². The maximum Gasteiger partial charge on any atom is 0.435 e. The summed E-state index contributed by atoms with van der Waals surface area (Å²) in [5.41, 5.74) is -0.690. The summed E-state index contributed by atoms with van der Waals surface area (Å²) in [5.74, 6) is -1.28. The van der Waals surface area contributed by atoms with Crippen molar-refractivity contribution in [2.24, 2.45) is 0 Å². The molecule has 0 amide bonds. The van der Waals surface area contributed by atoms with Gasteiger partial charge in [0.05, 0.1) is 18.0 Å². The molecule has 31 heavy (non-hydrogen) atoms. The van der Waals surface area contributed by atoms with Crippen LogP contribution in [0.15, 0.2) is 60.7 Å². The molecule has 0 unspecified atom stereocenters. The van der Waals surface area contributed by atoms with E-state index >= 15 is 0 Å². The monoisotopic (exact) mass is 432 g/mol. The molecule has 0 saturated heterocycles. The molecule has 4 nitrogen and oxygen atoms in total. The highest BCUT2D eigenvalue weighted by molar-refractivity contribution is 5.89. The zero-order valence-corrected chi connectivity index (χ0v) is 16.7. The van der Waals surface area contributed by atoms with E-state index in [2.05, 4.69) is 5.10 Å².